The first kappa shape index (κ1) is 57.3. The largest absolute Gasteiger partial charge is 0.350 e. The third-order valence-electron chi connectivity index (χ3n) is 14.5. The summed E-state index contributed by atoms with van der Waals surface area (Å²) in [7, 11) is 0. The number of rotatable bonds is 16. The Kier molecular flexibility index (Phi) is 22.5. The van der Waals surface area contributed by atoms with Crippen LogP contribution in [0.5, 0.6) is 0 Å². The smallest absolute Gasteiger partial charge is 0.246 e. The lowest BCUT2D eigenvalue weighted by Gasteiger charge is -2.53. The highest BCUT2D eigenvalue weighted by Gasteiger charge is 2.51. The predicted octanol–water partition coefficient (Wildman–Crippen LogP) is 8.97. The standard InChI is InChI=1S/2C18H30N2O2.C16H26N2O2.4H2/c1-11(2)15(21)19-14-10-17(6,7)18(8,9-13(14)5)20-16(22)12(3)4;1-5-17(21)19(7-3)13-15-9-11-16(12-10-15)14-20(8-4)18(22)6-2;1-7-13(19)17-12-10-15(4,5)16(6,9-11(12)3)18-14(20)8-2;;;;/h13-14H,1,3,9-10H2,2,4-8H3,(H,19,21)(H,20,22);5-6,15-16H,1-2,7-14H2,3-4H3;7-8,11-12H,1-2,9-10H2,3-6H3,(H,17,19)(H,18,20);4*1H. The molecular formula is C52H94N6O6. The Morgan fingerprint density at radius 2 is 0.922 bits per heavy atom. The van der Waals surface area contributed by atoms with Crippen LogP contribution in [0.3, 0.4) is 0 Å². The Bertz CT molecular complexity index is 1710. The van der Waals surface area contributed by atoms with Gasteiger partial charge in [0.05, 0.1) is 0 Å². The lowest BCUT2D eigenvalue weighted by molar-refractivity contribution is -0.128. The fraction of sp³-hybridized carbons (Fsp3) is 0.654. The molecule has 0 aromatic carbocycles. The lowest BCUT2D eigenvalue weighted by atomic mass is 9.59. The van der Waals surface area contributed by atoms with Gasteiger partial charge in [0.2, 0.25) is 35.4 Å². The Morgan fingerprint density at radius 3 is 1.25 bits per heavy atom. The molecule has 3 aliphatic carbocycles. The third kappa shape index (κ3) is 16.4. The van der Waals surface area contributed by atoms with Gasteiger partial charge >= 0.3 is 0 Å². The van der Waals surface area contributed by atoms with Crippen molar-refractivity contribution >= 4 is 35.4 Å². The summed E-state index contributed by atoms with van der Waals surface area (Å²) in [5.74, 6) is 1.26. The average molecular weight is 899 g/mol. The highest BCUT2D eigenvalue weighted by Crippen LogP contribution is 2.47. The molecule has 0 heterocycles. The number of carbonyl (C=O) groups is 6. The first-order valence-corrected chi connectivity index (χ1v) is 23.2. The molecule has 0 saturated heterocycles. The first-order valence-electron chi connectivity index (χ1n) is 23.2. The number of amides is 6. The molecule has 0 aromatic heterocycles. The van der Waals surface area contributed by atoms with Crippen molar-refractivity contribution in [3.63, 3.8) is 0 Å². The lowest BCUT2D eigenvalue weighted by Crippen LogP contribution is -2.63. The van der Waals surface area contributed by atoms with E-state index < -0.39 is 0 Å². The molecule has 368 valence electrons. The van der Waals surface area contributed by atoms with Gasteiger partial charge in [-0.25, -0.2) is 0 Å². The number of hydrogen-bond donors (Lipinski definition) is 4. The van der Waals surface area contributed by atoms with Gasteiger partial charge in [0.25, 0.3) is 0 Å². The van der Waals surface area contributed by atoms with Gasteiger partial charge in [0, 0.05) is 66.2 Å². The maximum Gasteiger partial charge on any atom is 0.246 e. The molecule has 0 aromatic rings. The van der Waals surface area contributed by atoms with Crippen LogP contribution in [0.25, 0.3) is 0 Å². The van der Waals surface area contributed by atoms with Crippen molar-refractivity contribution in [1.82, 2.24) is 31.1 Å². The van der Waals surface area contributed by atoms with Crippen LogP contribution in [0.2, 0.25) is 0 Å². The quantitative estimate of drug-likeness (QED) is 0.113. The van der Waals surface area contributed by atoms with E-state index in [2.05, 4.69) is 116 Å². The molecule has 0 bridgehead atoms. The second-order valence-electron chi connectivity index (χ2n) is 20.4. The van der Waals surface area contributed by atoms with E-state index in [1.165, 1.54) is 24.3 Å². The summed E-state index contributed by atoms with van der Waals surface area (Å²) < 4.78 is 0. The van der Waals surface area contributed by atoms with Gasteiger partial charge in [0.1, 0.15) is 0 Å². The zero-order valence-electron chi connectivity index (χ0n) is 41.8. The van der Waals surface area contributed by atoms with E-state index in [1.54, 1.807) is 13.8 Å². The molecule has 12 heteroatoms. The van der Waals surface area contributed by atoms with E-state index in [0.717, 1.165) is 77.5 Å². The summed E-state index contributed by atoms with van der Waals surface area (Å²) in [6, 6.07) is 0.193. The van der Waals surface area contributed by atoms with Crippen LogP contribution in [0.1, 0.15) is 140 Å². The van der Waals surface area contributed by atoms with E-state index in [4.69, 9.17) is 0 Å². The van der Waals surface area contributed by atoms with Crippen molar-refractivity contribution in [2.24, 2.45) is 34.5 Å². The topological polar surface area (TPSA) is 157 Å². The molecule has 0 radical (unpaired) electrons. The molecule has 12 nitrogen and oxygen atoms in total. The van der Waals surface area contributed by atoms with Crippen LogP contribution < -0.4 is 21.3 Å². The maximum atomic E-state index is 12.1. The maximum absolute atomic E-state index is 12.1. The van der Waals surface area contributed by atoms with Gasteiger partial charge < -0.3 is 31.1 Å². The Hall–Kier alpha value is -4.74. The number of hydrogen-bond acceptors (Lipinski definition) is 6. The summed E-state index contributed by atoms with van der Waals surface area (Å²) in [4.78, 5) is 74.4. The predicted molar refractivity (Wildman–Crippen MR) is 270 cm³/mol. The Morgan fingerprint density at radius 1 is 0.562 bits per heavy atom. The second kappa shape index (κ2) is 25.1. The third-order valence-corrected chi connectivity index (χ3v) is 14.5. The molecule has 6 amide bonds. The average Bonchev–Trinajstić information content (AvgIpc) is 3.22. The zero-order valence-corrected chi connectivity index (χ0v) is 41.8. The summed E-state index contributed by atoms with van der Waals surface area (Å²) in [6.07, 6.45) is 13.1. The molecule has 3 fully saturated rings. The molecule has 6 unspecified atom stereocenters. The second-order valence-corrected chi connectivity index (χ2v) is 20.4. The van der Waals surface area contributed by atoms with Crippen LogP contribution in [0, 0.1) is 34.5 Å². The Labute approximate surface area is 393 Å². The molecule has 0 aliphatic heterocycles. The van der Waals surface area contributed by atoms with Crippen molar-refractivity contribution in [1.29, 1.82) is 0 Å². The molecule has 6 atom stereocenters. The van der Waals surface area contributed by atoms with E-state index in [0.29, 0.717) is 23.0 Å². The minimum absolute atomic E-state index is 0. The number of likely N-dealkylation sites (N-methyl/N-ethyl adjacent to an activating group) is 2. The molecule has 4 N–H and O–H groups in total. The number of nitrogens with one attached hydrogen (secondary N) is 4. The minimum atomic E-state index is -0.326. The van der Waals surface area contributed by atoms with Gasteiger partial charge in [-0.1, -0.05) is 81.0 Å². The van der Waals surface area contributed by atoms with Crippen molar-refractivity contribution in [3.05, 3.63) is 74.9 Å². The van der Waals surface area contributed by atoms with Crippen molar-refractivity contribution < 1.29 is 34.5 Å². The molecule has 3 aliphatic rings. The van der Waals surface area contributed by atoms with Crippen molar-refractivity contribution in [3.8, 4) is 0 Å². The van der Waals surface area contributed by atoms with Gasteiger partial charge in [-0.05, 0) is 152 Å². The van der Waals surface area contributed by atoms with Crippen molar-refractivity contribution in [2.75, 3.05) is 26.2 Å². The summed E-state index contributed by atoms with van der Waals surface area (Å²) in [6.45, 7) is 49.0. The summed E-state index contributed by atoms with van der Waals surface area (Å²) >= 11 is 0. The van der Waals surface area contributed by atoms with Crippen LogP contribution in [0.4, 0.5) is 0 Å². The van der Waals surface area contributed by atoms with Gasteiger partial charge in [-0.2, -0.15) is 0 Å². The van der Waals surface area contributed by atoms with E-state index in [-0.39, 0.29) is 87.0 Å². The van der Waals surface area contributed by atoms with Crippen LogP contribution >= 0.6 is 0 Å². The van der Waals surface area contributed by atoms with E-state index in [9.17, 15) is 28.8 Å². The van der Waals surface area contributed by atoms with Crippen LogP contribution in [-0.2, 0) is 28.8 Å². The van der Waals surface area contributed by atoms with Gasteiger partial charge in [0.15, 0.2) is 0 Å². The summed E-state index contributed by atoms with van der Waals surface area (Å²) in [5, 5.41) is 12.3. The van der Waals surface area contributed by atoms with E-state index >= 15 is 0 Å². The number of nitrogens with zero attached hydrogens (tertiary/aromatic N) is 2. The first-order chi connectivity index (χ1) is 29.6. The molecule has 64 heavy (non-hydrogen) atoms. The molecular weight excluding hydrogens is 805 g/mol. The SMILES string of the molecule is C=C(C)C(=O)NC1CC(C)(C)C(C)(NC(=O)C(=C)C)CC1C.C=CC(=O)N(CC)CC1CCC(CN(CC)C(=O)C=C)CC1.C=CC(=O)NC1CC(C)(C)C(C)(NC(=O)C=C)CC1C.[HH].[HH].[HH].[HH]. The fourth-order valence-corrected chi connectivity index (χ4v) is 9.35. The molecule has 0 spiro atoms. The van der Waals surface area contributed by atoms with Crippen LogP contribution in [0.15, 0.2) is 74.9 Å². The normalized spacial score (nSPS) is 27.6. The van der Waals surface area contributed by atoms with Gasteiger partial charge in [-0.15, -0.1) is 0 Å². The van der Waals surface area contributed by atoms with Crippen LogP contribution in [-0.4, -0.2) is 94.6 Å². The minimum Gasteiger partial charge on any atom is -0.350 e. The molecule has 3 rings (SSSR count). The van der Waals surface area contributed by atoms with E-state index in [1.807, 2.05) is 23.6 Å². The highest BCUT2D eigenvalue weighted by molar-refractivity contribution is 5.93. The highest BCUT2D eigenvalue weighted by atomic mass is 16.2. The Balaban J connectivity index is -0.000000439. The fourth-order valence-electron chi connectivity index (χ4n) is 9.35. The van der Waals surface area contributed by atoms with Crippen molar-refractivity contribution in [2.45, 2.75) is 158 Å². The molecule has 3 saturated carbocycles. The monoisotopic (exact) mass is 899 g/mol. The zero-order chi connectivity index (χ0) is 49.4. The summed E-state index contributed by atoms with van der Waals surface area (Å²) in [5.41, 5.74) is 0.130. The number of carbonyl (C=O) groups excluding carboxylic acids is 6. The van der Waals surface area contributed by atoms with Gasteiger partial charge in [-0.3, -0.25) is 28.8 Å².